The SMILES string of the molecule is COC(=O)N1CCN(CCNC(=O)c2cnc(Nc3cc(COc4ccc(NC(=O)Nc5cc(C(C)(C)C)nn5-c5ccc(C)cc5)c5ccccc45)ccn3)cn2)CC1. The number of aromatic nitrogens is 5. The number of carbonyl (C=O) groups excluding carboxylic acids is 3. The van der Waals surface area contributed by atoms with Gasteiger partial charge in [0, 0.05) is 67.7 Å². The number of aryl methyl sites for hydroxylation is 1. The number of piperazine rings is 1. The van der Waals surface area contributed by atoms with Crippen molar-refractivity contribution in [2.75, 3.05) is 62.3 Å². The largest absolute Gasteiger partial charge is 0.488 e. The van der Waals surface area contributed by atoms with Gasteiger partial charge in [-0.1, -0.05) is 62.7 Å². The van der Waals surface area contributed by atoms with Crippen LogP contribution in [0.1, 0.15) is 48.1 Å². The molecule has 0 aliphatic carbocycles. The van der Waals surface area contributed by atoms with Gasteiger partial charge in [-0.05, 0) is 48.9 Å². The molecule has 6 aromatic rings. The highest BCUT2D eigenvalue weighted by molar-refractivity contribution is 6.07. The van der Waals surface area contributed by atoms with Gasteiger partial charge in [0.25, 0.3) is 5.91 Å². The maximum absolute atomic E-state index is 13.5. The van der Waals surface area contributed by atoms with Gasteiger partial charge in [-0.2, -0.15) is 5.10 Å². The molecule has 7 rings (SSSR count). The van der Waals surface area contributed by atoms with Crippen molar-refractivity contribution >= 4 is 51.9 Å². The first-order chi connectivity index (χ1) is 28.9. The van der Waals surface area contributed by atoms with Crippen LogP contribution < -0.4 is 26.0 Å². The van der Waals surface area contributed by atoms with Gasteiger partial charge in [-0.15, -0.1) is 0 Å². The minimum Gasteiger partial charge on any atom is -0.488 e. The summed E-state index contributed by atoms with van der Waals surface area (Å²) in [5.41, 5.74) is 4.28. The molecule has 0 unspecified atom stereocenters. The number of pyridine rings is 1. The Hall–Kier alpha value is -7.07. The average Bonchev–Trinajstić information content (AvgIpc) is 3.68. The van der Waals surface area contributed by atoms with Crippen LogP contribution in [-0.4, -0.2) is 98.9 Å². The molecule has 1 aliphatic heterocycles. The van der Waals surface area contributed by atoms with Gasteiger partial charge in [0.2, 0.25) is 0 Å². The number of fused-ring (bicyclic) bond motifs is 1. The molecule has 0 atom stereocenters. The molecule has 60 heavy (non-hydrogen) atoms. The molecule has 3 aromatic heterocycles. The quantitative estimate of drug-likeness (QED) is 0.101. The van der Waals surface area contributed by atoms with Crippen LogP contribution >= 0.6 is 0 Å². The number of hydrogen-bond acceptors (Lipinski definition) is 11. The minimum absolute atomic E-state index is 0.195. The number of methoxy groups -OCH3 is 1. The van der Waals surface area contributed by atoms with E-state index in [1.54, 1.807) is 15.8 Å². The molecular weight excluding hydrogens is 763 g/mol. The first kappa shape index (κ1) is 41.1. The Balaban J connectivity index is 0.937. The topological polar surface area (TPSA) is 181 Å². The van der Waals surface area contributed by atoms with Crippen molar-refractivity contribution in [3.8, 4) is 11.4 Å². The van der Waals surface area contributed by atoms with E-state index >= 15 is 0 Å². The number of nitrogens with one attached hydrogen (secondary N) is 4. The number of hydrogen-bond donors (Lipinski definition) is 4. The predicted octanol–water partition coefficient (Wildman–Crippen LogP) is 6.90. The van der Waals surface area contributed by atoms with Crippen molar-refractivity contribution in [3.63, 3.8) is 0 Å². The fourth-order valence-corrected chi connectivity index (χ4v) is 6.63. The fraction of sp³-hybridized carbons (Fsp3) is 0.295. The number of nitrogens with zero attached hydrogens (tertiary/aromatic N) is 7. The standard InChI is InChI=1S/C44H49N11O5/c1-29-10-12-31(13-11-29)55-40(25-37(52-55)44(2,3)4)51-42(57)49-34-14-15-36(33-9-7-6-8-32(33)34)60-28-30-16-17-45-38(24-30)50-39-27-47-35(26-48-39)41(56)46-18-19-53-20-22-54(23-21-53)43(58)59-5/h6-17,24-27H,18-23,28H2,1-5H3,(H,46,56)(H,45,48,50)(H2,49,51,57). The van der Waals surface area contributed by atoms with Crippen molar-refractivity contribution in [2.45, 2.75) is 39.7 Å². The Kier molecular flexibility index (Phi) is 12.5. The van der Waals surface area contributed by atoms with Crippen LogP contribution in [0.15, 0.2) is 97.5 Å². The summed E-state index contributed by atoms with van der Waals surface area (Å²) >= 11 is 0. The van der Waals surface area contributed by atoms with Gasteiger partial charge >= 0.3 is 12.1 Å². The first-order valence-corrected chi connectivity index (χ1v) is 19.7. The summed E-state index contributed by atoms with van der Waals surface area (Å²) < 4.78 is 12.9. The third-order valence-corrected chi connectivity index (χ3v) is 10.0. The van der Waals surface area contributed by atoms with E-state index in [-0.39, 0.29) is 29.7 Å². The number of ether oxygens (including phenoxy) is 2. The first-order valence-electron chi connectivity index (χ1n) is 19.7. The molecule has 1 aliphatic rings. The summed E-state index contributed by atoms with van der Waals surface area (Å²) in [5.74, 6) is 1.84. The lowest BCUT2D eigenvalue weighted by Crippen LogP contribution is -2.50. The number of rotatable bonds is 12. The molecule has 0 spiro atoms. The van der Waals surface area contributed by atoms with Gasteiger partial charge < -0.3 is 30.3 Å². The highest BCUT2D eigenvalue weighted by Crippen LogP contribution is 2.33. The Morgan fingerprint density at radius 3 is 2.30 bits per heavy atom. The highest BCUT2D eigenvalue weighted by Gasteiger charge is 2.23. The molecule has 0 saturated carbocycles. The Labute approximate surface area is 348 Å². The van der Waals surface area contributed by atoms with Crippen LogP contribution in [0.5, 0.6) is 5.75 Å². The molecule has 0 radical (unpaired) electrons. The lowest BCUT2D eigenvalue weighted by molar-refractivity contribution is 0.0882. The summed E-state index contributed by atoms with van der Waals surface area (Å²) in [6, 6.07) is 24.6. The summed E-state index contributed by atoms with van der Waals surface area (Å²) in [5, 5.41) is 18.5. The molecule has 4 heterocycles. The smallest absolute Gasteiger partial charge is 0.409 e. The lowest BCUT2D eigenvalue weighted by Gasteiger charge is -2.33. The van der Waals surface area contributed by atoms with Crippen molar-refractivity contribution in [3.05, 3.63) is 120 Å². The average molecular weight is 812 g/mol. The van der Waals surface area contributed by atoms with E-state index in [0.717, 1.165) is 33.3 Å². The summed E-state index contributed by atoms with van der Waals surface area (Å²) in [6.45, 7) is 12.2. The van der Waals surface area contributed by atoms with Crippen LogP contribution in [0.4, 0.5) is 32.7 Å². The van der Waals surface area contributed by atoms with Crippen LogP contribution in [0, 0.1) is 6.92 Å². The Morgan fingerprint density at radius 1 is 0.817 bits per heavy atom. The van der Waals surface area contributed by atoms with Crippen molar-refractivity contribution < 1.29 is 23.9 Å². The van der Waals surface area contributed by atoms with E-state index in [1.807, 2.05) is 85.8 Å². The summed E-state index contributed by atoms with van der Waals surface area (Å²) in [4.78, 5) is 54.8. The van der Waals surface area contributed by atoms with Gasteiger partial charge in [-0.3, -0.25) is 15.0 Å². The second-order valence-corrected chi connectivity index (χ2v) is 15.5. The minimum atomic E-state index is -0.401. The second kappa shape index (κ2) is 18.2. The van der Waals surface area contributed by atoms with E-state index in [1.165, 1.54) is 19.5 Å². The van der Waals surface area contributed by atoms with E-state index < -0.39 is 6.03 Å². The third-order valence-electron chi connectivity index (χ3n) is 10.0. The fourth-order valence-electron chi connectivity index (χ4n) is 6.63. The zero-order valence-electron chi connectivity index (χ0n) is 34.4. The molecule has 16 heteroatoms. The molecule has 1 fully saturated rings. The molecule has 1 saturated heterocycles. The zero-order chi connectivity index (χ0) is 42.2. The molecule has 310 valence electrons. The molecule has 3 aromatic carbocycles. The zero-order valence-corrected chi connectivity index (χ0v) is 34.4. The van der Waals surface area contributed by atoms with Gasteiger partial charge in [0.1, 0.15) is 35.5 Å². The third kappa shape index (κ3) is 10.1. The highest BCUT2D eigenvalue weighted by atomic mass is 16.5. The van der Waals surface area contributed by atoms with Gasteiger partial charge in [0.15, 0.2) is 0 Å². The number of urea groups is 1. The second-order valence-electron chi connectivity index (χ2n) is 15.5. The maximum atomic E-state index is 13.5. The van der Waals surface area contributed by atoms with E-state index in [9.17, 15) is 14.4 Å². The number of anilines is 4. The number of benzene rings is 3. The summed E-state index contributed by atoms with van der Waals surface area (Å²) in [7, 11) is 1.38. The molecule has 16 nitrogen and oxygen atoms in total. The Morgan fingerprint density at radius 2 is 1.58 bits per heavy atom. The maximum Gasteiger partial charge on any atom is 0.409 e. The molecule has 0 bridgehead atoms. The van der Waals surface area contributed by atoms with Crippen molar-refractivity contribution in [1.82, 2.24) is 39.8 Å². The lowest BCUT2D eigenvalue weighted by atomic mass is 9.92. The van der Waals surface area contributed by atoms with E-state index in [0.29, 0.717) is 68.2 Å². The van der Waals surface area contributed by atoms with Crippen molar-refractivity contribution in [1.29, 1.82) is 0 Å². The van der Waals surface area contributed by atoms with Crippen LogP contribution in [0.25, 0.3) is 16.5 Å². The van der Waals surface area contributed by atoms with Crippen LogP contribution in [0.2, 0.25) is 0 Å². The molecular formula is C44H49N11O5. The van der Waals surface area contributed by atoms with E-state index in [2.05, 4.69) is 61.9 Å². The van der Waals surface area contributed by atoms with Crippen LogP contribution in [-0.2, 0) is 16.8 Å². The van der Waals surface area contributed by atoms with E-state index in [4.69, 9.17) is 14.6 Å². The van der Waals surface area contributed by atoms with Crippen LogP contribution in [0.3, 0.4) is 0 Å². The Bertz CT molecular complexity index is 2460. The predicted molar refractivity (Wildman–Crippen MR) is 230 cm³/mol. The van der Waals surface area contributed by atoms with Gasteiger partial charge in [0.05, 0.1) is 36.6 Å². The number of amides is 4. The van der Waals surface area contributed by atoms with Gasteiger partial charge in [-0.25, -0.2) is 29.2 Å². The monoisotopic (exact) mass is 811 g/mol. The summed E-state index contributed by atoms with van der Waals surface area (Å²) in [6.07, 6.45) is 4.24. The van der Waals surface area contributed by atoms with Crippen molar-refractivity contribution in [2.24, 2.45) is 0 Å². The number of carbonyl (C=O) groups is 3. The molecule has 4 amide bonds. The molecule has 4 N–H and O–H groups in total. The normalized spacial score (nSPS) is 13.1.